The molecule has 0 spiro atoms. The van der Waals surface area contributed by atoms with Crippen LogP contribution in [0.15, 0.2) is 65.0 Å². The first-order valence-corrected chi connectivity index (χ1v) is 8.91. The molecule has 2 aromatic carbocycles. The first-order valence-electron chi connectivity index (χ1n) is 8.91. The van der Waals surface area contributed by atoms with Gasteiger partial charge in [-0.1, -0.05) is 42.5 Å². The molecule has 1 N–H and O–H groups in total. The predicted molar refractivity (Wildman–Crippen MR) is 104 cm³/mol. The monoisotopic (exact) mass is 365 g/mol. The van der Waals surface area contributed by atoms with Gasteiger partial charge in [-0.15, -0.1) is 0 Å². The van der Waals surface area contributed by atoms with Crippen molar-refractivity contribution in [1.29, 1.82) is 0 Å². The smallest absolute Gasteiger partial charge is 0.336 e. The number of carbonyl (C=O) groups excluding carboxylic acids is 2. The van der Waals surface area contributed by atoms with Gasteiger partial charge in [0.2, 0.25) is 0 Å². The highest BCUT2D eigenvalue weighted by molar-refractivity contribution is 6.02. The Labute approximate surface area is 158 Å². The molecule has 5 nitrogen and oxygen atoms in total. The Bertz CT molecular complexity index is 966. The number of allylic oxidation sites excluding steroid dienone is 2. The van der Waals surface area contributed by atoms with Gasteiger partial charge >= 0.3 is 11.9 Å². The summed E-state index contributed by atoms with van der Waals surface area (Å²) in [6.07, 6.45) is 0. The maximum atomic E-state index is 12.8. The maximum Gasteiger partial charge on any atom is 0.336 e. The molecule has 1 atom stereocenters. The Hall–Kier alpha value is -3.08. The zero-order chi connectivity index (χ0) is 19.6. The van der Waals surface area contributed by atoms with Gasteiger partial charge in [0.05, 0.1) is 30.8 Å². The van der Waals surface area contributed by atoms with Gasteiger partial charge in [-0.3, -0.25) is 0 Å². The van der Waals surface area contributed by atoms with Gasteiger partial charge in [0, 0.05) is 11.4 Å². The van der Waals surface area contributed by atoms with Gasteiger partial charge in [0.25, 0.3) is 0 Å². The van der Waals surface area contributed by atoms with Crippen LogP contribution < -0.4 is 5.32 Å². The maximum absolute atomic E-state index is 12.8. The number of benzene rings is 2. The molecule has 3 rings (SSSR count). The Morgan fingerprint density at radius 3 is 2.26 bits per heavy atom. The van der Waals surface area contributed by atoms with Gasteiger partial charge in [-0.2, -0.15) is 0 Å². The molecule has 0 radical (unpaired) electrons. The number of rotatable bonds is 4. The standard InChI is InChI=1S/C22H23NO4/c1-5-27-22(25)19-14(3)23-13(2)18(21(24)26-4)20(19)17-12-8-10-15-9-6-7-11-16(15)17/h6-12,20,23H,5H2,1-4H3. The van der Waals surface area contributed by atoms with Crippen molar-refractivity contribution in [1.82, 2.24) is 5.32 Å². The van der Waals surface area contributed by atoms with Crippen LogP contribution in [-0.4, -0.2) is 25.7 Å². The first kappa shape index (κ1) is 18.7. The summed E-state index contributed by atoms with van der Waals surface area (Å²) < 4.78 is 10.3. The Balaban J connectivity index is 2.30. The summed E-state index contributed by atoms with van der Waals surface area (Å²) in [5, 5.41) is 5.16. The lowest BCUT2D eigenvalue weighted by atomic mass is 9.78. The molecule has 0 saturated carbocycles. The SMILES string of the molecule is CCOC(=O)C1=C(C)NC(C)=C(C(=O)OC)C1c1cccc2ccccc12. The molecule has 1 aliphatic rings. The van der Waals surface area contributed by atoms with Crippen LogP contribution in [0.2, 0.25) is 0 Å². The van der Waals surface area contributed by atoms with E-state index in [2.05, 4.69) is 5.32 Å². The third-order valence-electron chi connectivity index (χ3n) is 4.80. The highest BCUT2D eigenvalue weighted by Crippen LogP contribution is 2.41. The zero-order valence-electron chi connectivity index (χ0n) is 16.0. The van der Waals surface area contributed by atoms with E-state index < -0.39 is 17.9 Å². The van der Waals surface area contributed by atoms with Gasteiger partial charge in [0.1, 0.15) is 0 Å². The Morgan fingerprint density at radius 2 is 1.59 bits per heavy atom. The molecule has 1 unspecified atom stereocenters. The number of methoxy groups -OCH3 is 1. The van der Waals surface area contributed by atoms with Crippen LogP contribution in [0.25, 0.3) is 10.8 Å². The van der Waals surface area contributed by atoms with Crippen LogP contribution in [0.1, 0.15) is 32.3 Å². The van der Waals surface area contributed by atoms with Gasteiger partial charge in [-0.25, -0.2) is 9.59 Å². The fourth-order valence-electron chi connectivity index (χ4n) is 3.67. The topological polar surface area (TPSA) is 64.6 Å². The summed E-state index contributed by atoms with van der Waals surface area (Å²) >= 11 is 0. The number of ether oxygens (including phenoxy) is 2. The number of hydrogen-bond donors (Lipinski definition) is 1. The molecular formula is C22H23NO4. The molecule has 0 bridgehead atoms. The first-order chi connectivity index (χ1) is 13.0. The van der Waals surface area contributed by atoms with Crippen molar-refractivity contribution in [3.63, 3.8) is 0 Å². The number of fused-ring (bicyclic) bond motifs is 1. The van der Waals surface area contributed by atoms with Crippen molar-refractivity contribution >= 4 is 22.7 Å². The average Bonchev–Trinajstić information content (AvgIpc) is 2.66. The van der Waals surface area contributed by atoms with Crippen molar-refractivity contribution < 1.29 is 19.1 Å². The lowest BCUT2D eigenvalue weighted by molar-refractivity contribution is -0.139. The molecule has 140 valence electrons. The third kappa shape index (κ3) is 3.33. The highest BCUT2D eigenvalue weighted by Gasteiger charge is 2.38. The highest BCUT2D eigenvalue weighted by atomic mass is 16.5. The minimum atomic E-state index is -0.566. The van der Waals surface area contributed by atoms with Crippen LogP contribution in [0.3, 0.4) is 0 Å². The van der Waals surface area contributed by atoms with E-state index >= 15 is 0 Å². The molecule has 0 saturated heterocycles. The number of dihydropyridines is 1. The van der Waals surface area contributed by atoms with Crippen LogP contribution in [0, 0.1) is 0 Å². The van der Waals surface area contributed by atoms with E-state index in [-0.39, 0.29) is 6.61 Å². The molecule has 1 aliphatic heterocycles. The summed E-state index contributed by atoms with van der Waals surface area (Å²) in [6.45, 7) is 5.66. The van der Waals surface area contributed by atoms with Crippen molar-refractivity contribution in [2.24, 2.45) is 0 Å². The molecule has 0 fully saturated rings. The van der Waals surface area contributed by atoms with Crippen molar-refractivity contribution in [2.45, 2.75) is 26.7 Å². The van der Waals surface area contributed by atoms with Gasteiger partial charge in [-0.05, 0) is 37.1 Å². The van der Waals surface area contributed by atoms with E-state index in [1.807, 2.05) is 56.3 Å². The number of hydrogen-bond acceptors (Lipinski definition) is 5. The lowest BCUT2D eigenvalue weighted by Crippen LogP contribution is -2.32. The molecule has 5 heteroatoms. The van der Waals surface area contributed by atoms with Crippen LogP contribution in [-0.2, 0) is 19.1 Å². The third-order valence-corrected chi connectivity index (χ3v) is 4.80. The van der Waals surface area contributed by atoms with Crippen LogP contribution >= 0.6 is 0 Å². The molecule has 27 heavy (non-hydrogen) atoms. The summed E-state index contributed by atoms with van der Waals surface area (Å²) in [4.78, 5) is 25.4. The fourth-order valence-corrected chi connectivity index (χ4v) is 3.67. The van der Waals surface area contributed by atoms with Crippen molar-refractivity contribution in [2.75, 3.05) is 13.7 Å². The van der Waals surface area contributed by atoms with Crippen LogP contribution in [0.4, 0.5) is 0 Å². The van der Waals surface area contributed by atoms with Crippen molar-refractivity contribution in [3.8, 4) is 0 Å². The molecule has 1 heterocycles. The second-order valence-electron chi connectivity index (χ2n) is 6.42. The summed E-state index contributed by atoms with van der Waals surface area (Å²) in [5.41, 5.74) is 3.07. The largest absolute Gasteiger partial charge is 0.466 e. The second kappa shape index (κ2) is 7.66. The summed E-state index contributed by atoms with van der Waals surface area (Å²) in [5.74, 6) is -1.47. The molecular weight excluding hydrogens is 342 g/mol. The van der Waals surface area contributed by atoms with Crippen molar-refractivity contribution in [3.05, 3.63) is 70.6 Å². The Morgan fingerprint density at radius 1 is 0.963 bits per heavy atom. The van der Waals surface area contributed by atoms with Crippen LogP contribution in [0.5, 0.6) is 0 Å². The van der Waals surface area contributed by atoms with E-state index in [0.717, 1.165) is 16.3 Å². The number of nitrogens with one attached hydrogen (secondary N) is 1. The van der Waals surface area contributed by atoms with Gasteiger partial charge in [0.15, 0.2) is 0 Å². The quantitative estimate of drug-likeness (QED) is 0.835. The zero-order valence-corrected chi connectivity index (χ0v) is 16.0. The molecule has 2 aromatic rings. The van der Waals surface area contributed by atoms with Gasteiger partial charge < -0.3 is 14.8 Å². The number of esters is 2. The Kier molecular flexibility index (Phi) is 5.31. The van der Waals surface area contributed by atoms with E-state index in [1.54, 1.807) is 6.92 Å². The van der Waals surface area contributed by atoms with E-state index in [1.165, 1.54) is 7.11 Å². The predicted octanol–water partition coefficient (Wildman–Crippen LogP) is 3.81. The summed E-state index contributed by atoms with van der Waals surface area (Å²) in [7, 11) is 1.35. The van der Waals surface area contributed by atoms with E-state index in [0.29, 0.717) is 22.5 Å². The number of carbonyl (C=O) groups is 2. The minimum absolute atomic E-state index is 0.258. The average molecular weight is 365 g/mol. The minimum Gasteiger partial charge on any atom is -0.466 e. The summed E-state index contributed by atoms with van der Waals surface area (Å²) in [6, 6.07) is 13.8. The lowest BCUT2D eigenvalue weighted by Gasteiger charge is -2.30. The molecule has 0 aromatic heterocycles. The normalized spacial score (nSPS) is 17.0. The fraction of sp³-hybridized carbons (Fsp3) is 0.273. The molecule has 0 aliphatic carbocycles. The van der Waals surface area contributed by atoms with E-state index in [4.69, 9.17) is 9.47 Å². The molecule has 0 amide bonds. The second-order valence-corrected chi connectivity index (χ2v) is 6.42. The van der Waals surface area contributed by atoms with E-state index in [9.17, 15) is 9.59 Å².